The normalized spacial score (nSPS) is 18.3. The monoisotopic (exact) mass is 352 g/mol. The number of amides is 1. The van der Waals surface area contributed by atoms with Crippen LogP contribution in [0.1, 0.15) is 43.2 Å². The van der Waals surface area contributed by atoms with Gasteiger partial charge in [0.2, 0.25) is 0 Å². The van der Waals surface area contributed by atoms with E-state index in [2.05, 4.69) is 35.6 Å². The molecule has 1 aromatic heterocycles. The van der Waals surface area contributed by atoms with Gasteiger partial charge in [0.05, 0.1) is 11.3 Å². The standard InChI is InChI=1S/C21H28N4O/c1-5-18-14-24(11-12-25(18)15(2)3)21(26)19-13-22-20(23-16(19)4)17-9-7-6-8-10-17/h6-10,13,15,18H,5,11-12,14H2,1-4H3. The first-order chi connectivity index (χ1) is 12.5. The van der Waals surface area contributed by atoms with Gasteiger partial charge in [0.15, 0.2) is 5.82 Å². The molecule has 1 unspecified atom stereocenters. The maximum absolute atomic E-state index is 13.0. The van der Waals surface area contributed by atoms with Crippen LogP contribution in [0.25, 0.3) is 11.4 Å². The van der Waals surface area contributed by atoms with Gasteiger partial charge in [-0.05, 0) is 27.2 Å². The highest BCUT2D eigenvalue weighted by atomic mass is 16.2. The van der Waals surface area contributed by atoms with Crippen LogP contribution in [0.15, 0.2) is 36.5 Å². The van der Waals surface area contributed by atoms with Gasteiger partial charge >= 0.3 is 0 Å². The molecule has 0 spiro atoms. The first kappa shape index (κ1) is 18.5. The van der Waals surface area contributed by atoms with Crippen molar-refractivity contribution in [2.45, 2.75) is 46.2 Å². The van der Waals surface area contributed by atoms with Crippen molar-refractivity contribution in [3.05, 3.63) is 47.8 Å². The Morgan fingerprint density at radius 1 is 1.23 bits per heavy atom. The van der Waals surface area contributed by atoms with E-state index in [1.807, 2.05) is 42.2 Å². The van der Waals surface area contributed by atoms with Crippen LogP contribution in [0.3, 0.4) is 0 Å². The lowest BCUT2D eigenvalue weighted by atomic mass is 10.1. The second-order valence-electron chi connectivity index (χ2n) is 7.20. The van der Waals surface area contributed by atoms with Crippen LogP contribution in [-0.2, 0) is 0 Å². The second-order valence-corrected chi connectivity index (χ2v) is 7.20. The zero-order valence-electron chi connectivity index (χ0n) is 16.1. The van der Waals surface area contributed by atoms with Crippen LogP contribution in [0.4, 0.5) is 0 Å². The van der Waals surface area contributed by atoms with Gasteiger partial charge in [-0.25, -0.2) is 9.97 Å². The molecule has 1 amide bonds. The van der Waals surface area contributed by atoms with Gasteiger partial charge in [-0.3, -0.25) is 9.69 Å². The number of hydrogen-bond acceptors (Lipinski definition) is 4. The summed E-state index contributed by atoms with van der Waals surface area (Å²) < 4.78 is 0. The van der Waals surface area contributed by atoms with Crippen LogP contribution in [0, 0.1) is 6.92 Å². The first-order valence-electron chi connectivity index (χ1n) is 9.45. The Kier molecular flexibility index (Phi) is 5.67. The molecule has 0 bridgehead atoms. The highest BCUT2D eigenvalue weighted by Gasteiger charge is 2.31. The number of carbonyl (C=O) groups excluding carboxylic acids is 1. The van der Waals surface area contributed by atoms with Crippen molar-refractivity contribution < 1.29 is 4.79 Å². The van der Waals surface area contributed by atoms with E-state index in [4.69, 9.17) is 0 Å². The molecule has 5 heteroatoms. The largest absolute Gasteiger partial charge is 0.336 e. The average molecular weight is 352 g/mol. The highest BCUT2D eigenvalue weighted by Crippen LogP contribution is 2.20. The topological polar surface area (TPSA) is 49.3 Å². The molecule has 2 aromatic rings. The highest BCUT2D eigenvalue weighted by molar-refractivity contribution is 5.95. The molecule has 0 N–H and O–H groups in total. The lowest BCUT2D eigenvalue weighted by Gasteiger charge is -2.43. The molecule has 2 heterocycles. The summed E-state index contributed by atoms with van der Waals surface area (Å²) >= 11 is 0. The Bertz CT molecular complexity index is 760. The first-order valence-corrected chi connectivity index (χ1v) is 9.45. The van der Waals surface area contributed by atoms with Gasteiger partial charge in [-0.15, -0.1) is 0 Å². The predicted octanol–water partition coefficient (Wildman–Crippen LogP) is 3.40. The minimum absolute atomic E-state index is 0.0453. The van der Waals surface area contributed by atoms with Crippen molar-refractivity contribution in [1.29, 1.82) is 0 Å². The summed E-state index contributed by atoms with van der Waals surface area (Å²) in [5.41, 5.74) is 2.31. The third-order valence-corrected chi connectivity index (χ3v) is 5.19. The summed E-state index contributed by atoms with van der Waals surface area (Å²) in [6, 6.07) is 10.8. The molecule has 138 valence electrons. The van der Waals surface area contributed by atoms with Crippen LogP contribution in [-0.4, -0.2) is 57.4 Å². The van der Waals surface area contributed by atoms with Crippen molar-refractivity contribution in [3.63, 3.8) is 0 Å². The Hall–Kier alpha value is -2.27. The lowest BCUT2D eigenvalue weighted by Crippen LogP contribution is -2.56. The fourth-order valence-corrected chi connectivity index (χ4v) is 3.67. The van der Waals surface area contributed by atoms with Gasteiger partial charge < -0.3 is 4.90 Å². The van der Waals surface area contributed by atoms with E-state index in [9.17, 15) is 4.79 Å². The number of piperazine rings is 1. The van der Waals surface area contributed by atoms with Crippen molar-refractivity contribution in [2.24, 2.45) is 0 Å². The van der Waals surface area contributed by atoms with Crippen molar-refractivity contribution in [3.8, 4) is 11.4 Å². The van der Waals surface area contributed by atoms with Crippen LogP contribution in [0.2, 0.25) is 0 Å². The fraction of sp³-hybridized carbons (Fsp3) is 0.476. The SMILES string of the molecule is CCC1CN(C(=O)c2cnc(-c3ccccc3)nc2C)CCN1C(C)C. The number of aromatic nitrogens is 2. The maximum atomic E-state index is 13.0. The summed E-state index contributed by atoms with van der Waals surface area (Å²) in [7, 11) is 0. The molecule has 0 radical (unpaired) electrons. The zero-order valence-corrected chi connectivity index (χ0v) is 16.1. The van der Waals surface area contributed by atoms with Crippen molar-refractivity contribution >= 4 is 5.91 Å². The molecule has 26 heavy (non-hydrogen) atoms. The Morgan fingerprint density at radius 3 is 2.58 bits per heavy atom. The van der Waals surface area contributed by atoms with Crippen molar-refractivity contribution in [1.82, 2.24) is 19.8 Å². The molecule has 5 nitrogen and oxygen atoms in total. The van der Waals surface area contributed by atoms with Crippen LogP contribution in [0.5, 0.6) is 0 Å². The van der Waals surface area contributed by atoms with E-state index in [-0.39, 0.29) is 5.91 Å². The second kappa shape index (κ2) is 7.96. The van der Waals surface area contributed by atoms with E-state index in [0.29, 0.717) is 23.5 Å². The van der Waals surface area contributed by atoms with Crippen molar-refractivity contribution in [2.75, 3.05) is 19.6 Å². The Morgan fingerprint density at radius 2 is 1.96 bits per heavy atom. The molecule has 3 rings (SSSR count). The maximum Gasteiger partial charge on any atom is 0.257 e. The molecule has 1 fully saturated rings. The van der Waals surface area contributed by atoms with E-state index in [1.165, 1.54) is 0 Å². The summed E-state index contributed by atoms with van der Waals surface area (Å²) in [5.74, 6) is 0.708. The summed E-state index contributed by atoms with van der Waals surface area (Å²) in [6.45, 7) is 11.0. The Balaban J connectivity index is 1.78. The quantitative estimate of drug-likeness (QED) is 0.846. The molecule has 1 aromatic carbocycles. The molecule has 0 saturated carbocycles. The van der Waals surface area contributed by atoms with Gasteiger partial charge in [-0.2, -0.15) is 0 Å². The van der Waals surface area contributed by atoms with E-state index in [1.54, 1.807) is 6.20 Å². The molecule has 1 saturated heterocycles. The lowest BCUT2D eigenvalue weighted by molar-refractivity contribution is 0.0370. The summed E-state index contributed by atoms with van der Waals surface area (Å²) in [5, 5.41) is 0. The van der Waals surface area contributed by atoms with Crippen LogP contribution >= 0.6 is 0 Å². The summed E-state index contributed by atoms with van der Waals surface area (Å²) in [4.78, 5) is 26.5. The molecule has 1 aliphatic heterocycles. The molecular weight excluding hydrogens is 324 g/mol. The smallest absolute Gasteiger partial charge is 0.257 e. The van der Waals surface area contributed by atoms with E-state index in [0.717, 1.165) is 37.3 Å². The van der Waals surface area contributed by atoms with Gasteiger partial charge in [0.25, 0.3) is 5.91 Å². The number of hydrogen-bond donors (Lipinski definition) is 0. The molecule has 1 atom stereocenters. The minimum atomic E-state index is 0.0453. The van der Waals surface area contributed by atoms with E-state index < -0.39 is 0 Å². The average Bonchev–Trinajstić information content (AvgIpc) is 2.67. The Labute approximate surface area is 156 Å². The van der Waals surface area contributed by atoms with E-state index >= 15 is 0 Å². The predicted molar refractivity (Wildman–Crippen MR) is 104 cm³/mol. The molecule has 0 aliphatic carbocycles. The fourth-order valence-electron chi connectivity index (χ4n) is 3.67. The van der Waals surface area contributed by atoms with Gasteiger partial charge in [0.1, 0.15) is 0 Å². The zero-order chi connectivity index (χ0) is 18.7. The van der Waals surface area contributed by atoms with Crippen LogP contribution < -0.4 is 0 Å². The van der Waals surface area contributed by atoms with Gasteiger partial charge in [-0.1, -0.05) is 37.3 Å². The van der Waals surface area contributed by atoms with Gasteiger partial charge in [0, 0.05) is 43.5 Å². The third-order valence-electron chi connectivity index (χ3n) is 5.19. The molecular formula is C21H28N4O. The molecule has 1 aliphatic rings. The summed E-state index contributed by atoms with van der Waals surface area (Å²) in [6.07, 6.45) is 2.73. The third kappa shape index (κ3) is 3.78. The minimum Gasteiger partial charge on any atom is -0.336 e. The number of carbonyl (C=O) groups is 1. The number of aryl methyl sites for hydroxylation is 1. The number of nitrogens with zero attached hydrogens (tertiary/aromatic N) is 4. The number of rotatable bonds is 4. The number of benzene rings is 1.